The van der Waals surface area contributed by atoms with Crippen molar-refractivity contribution >= 4 is 21.6 Å². The van der Waals surface area contributed by atoms with Crippen LogP contribution in [0.3, 0.4) is 0 Å². The highest BCUT2D eigenvalue weighted by atomic mass is 35.5. The molecular weight excluding hydrogens is 357 g/mol. The highest BCUT2D eigenvalue weighted by molar-refractivity contribution is 7.88. The molecule has 0 atom stereocenters. The fourth-order valence-electron chi connectivity index (χ4n) is 2.10. The second kappa shape index (κ2) is 7.83. The van der Waals surface area contributed by atoms with Gasteiger partial charge in [0.2, 0.25) is 10.0 Å². The van der Waals surface area contributed by atoms with Gasteiger partial charge in [0.05, 0.1) is 20.0 Å². The number of rotatable bonds is 7. The average Bonchev–Trinajstić information content (AvgIpc) is 2.56. The Bertz CT molecular complexity index is 807. The van der Waals surface area contributed by atoms with Crippen LogP contribution < -0.4 is 14.2 Å². The Kier molecular flexibility index (Phi) is 6.04. The van der Waals surface area contributed by atoms with E-state index < -0.39 is 21.6 Å². The summed E-state index contributed by atoms with van der Waals surface area (Å²) in [6.07, 6.45) is 0. The molecule has 0 amide bonds. The second-order valence-electron chi connectivity index (χ2n) is 4.97. The molecule has 5 nitrogen and oxygen atoms in total. The molecule has 2 rings (SSSR count). The van der Waals surface area contributed by atoms with Crippen molar-refractivity contribution in [2.24, 2.45) is 0 Å². The minimum Gasteiger partial charge on any atom is -0.493 e. The minimum absolute atomic E-state index is 0.0365. The zero-order chi connectivity index (χ0) is 17.7. The number of sulfonamides is 1. The largest absolute Gasteiger partial charge is 0.493 e. The third kappa shape index (κ3) is 4.59. The van der Waals surface area contributed by atoms with Crippen molar-refractivity contribution in [3.05, 3.63) is 58.4 Å². The Morgan fingerprint density at radius 2 is 1.83 bits per heavy atom. The first kappa shape index (κ1) is 18.5. The Hall–Kier alpha value is -1.83. The summed E-state index contributed by atoms with van der Waals surface area (Å²) in [5, 5.41) is 0.0755. The van der Waals surface area contributed by atoms with E-state index in [9.17, 15) is 12.8 Å². The first-order valence-electron chi connectivity index (χ1n) is 6.97. The summed E-state index contributed by atoms with van der Waals surface area (Å²) in [7, 11) is -0.755. The summed E-state index contributed by atoms with van der Waals surface area (Å²) in [5.41, 5.74) is 0.620. The van der Waals surface area contributed by atoms with Crippen LogP contribution in [0.4, 0.5) is 4.39 Å². The molecule has 2 aromatic rings. The van der Waals surface area contributed by atoms with Gasteiger partial charge in [-0.3, -0.25) is 0 Å². The highest BCUT2D eigenvalue weighted by Crippen LogP contribution is 2.27. The first-order valence-corrected chi connectivity index (χ1v) is 9.00. The quantitative estimate of drug-likeness (QED) is 0.809. The van der Waals surface area contributed by atoms with Gasteiger partial charge in [0.1, 0.15) is 5.82 Å². The van der Waals surface area contributed by atoms with E-state index in [0.717, 1.165) is 0 Å². The number of halogens is 2. The second-order valence-corrected chi connectivity index (χ2v) is 7.18. The number of hydrogen-bond acceptors (Lipinski definition) is 4. The minimum atomic E-state index is -3.76. The maximum absolute atomic E-state index is 13.7. The monoisotopic (exact) mass is 373 g/mol. The Balaban J connectivity index is 2.10. The number of hydrogen-bond donors (Lipinski definition) is 1. The number of nitrogens with one attached hydrogen (secondary N) is 1. The molecule has 0 saturated carbocycles. The molecule has 1 N–H and O–H groups in total. The lowest BCUT2D eigenvalue weighted by molar-refractivity contribution is 0.354. The molecule has 0 radical (unpaired) electrons. The normalized spacial score (nSPS) is 11.3. The molecular formula is C16H17ClFNO4S. The molecule has 0 bridgehead atoms. The molecule has 0 spiro atoms. The molecule has 8 heteroatoms. The van der Waals surface area contributed by atoms with Crippen LogP contribution in [-0.2, 0) is 22.3 Å². The zero-order valence-electron chi connectivity index (χ0n) is 13.2. The van der Waals surface area contributed by atoms with Crippen LogP contribution in [0.1, 0.15) is 11.1 Å². The van der Waals surface area contributed by atoms with Crippen molar-refractivity contribution in [1.29, 1.82) is 0 Å². The smallest absolute Gasteiger partial charge is 0.216 e. The van der Waals surface area contributed by atoms with Crippen molar-refractivity contribution in [2.75, 3.05) is 14.2 Å². The molecule has 0 unspecified atom stereocenters. The molecule has 0 aliphatic carbocycles. The Morgan fingerprint density at radius 3 is 2.46 bits per heavy atom. The van der Waals surface area contributed by atoms with Crippen LogP contribution in [0.5, 0.6) is 11.5 Å². The lowest BCUT2D eigenvalue weighted by atomic mass is 10.2. The molecule has 24 heavy (non-hydrogen) atoms. The van der Waals surface area contributed by atoms with Gasteiger partial charge in [-0.15, -0.1) is 0 Å². The molecule has 0 saturated heterocycles. The van der Waals surface area contributed by atoms with E-state index in [1.807, 2.05) is 0 Å². The van der Waals surface area contributed by atoms with Crippen LogP contribution in [0.15, 0.2) is 36.4 Å². The summed E-state index contributed by atoms with van der Waals surface area (Å²) in [5.74, 6) is -0.154. The van der Waals surface area contributed by atoms with E-state index >= 15 is 0 Å². The van der Waals surface area contributed by atoms with Gasteiger partial charge in [0.25, 0.3) is 0 Å². The zero-order valence-corrected chi connectivity index (χ0v) is 14.7. The van der Waals surface area contributed by atoms with Gasteiger partial charge >= 0.3 is 0 Å². The predicted octanol–water partition coefficient (Wildman–Crippen LogP) is 3.12. The van der Waals surface area contributed by atoms with Crippen LogP contribution in [0.2, 0.25) is 5.02 Å². The van der Waals surface area contributed by atoms with Gasteiger partial charge in [0.15, 0.2) is 11.5 Å². The number of ether oxygens (including phenoxy) is 2. The van der Waals surface area contributed by atoms with E-state index in [2.05, 4.69) is 4.72 Å². The van der Waals surface area contributed by atoms with E-state index in [4.69, 9.17) is 21.1 Å². The van der Waals surface area contributed by atoms with Crippen molar-refractivity contribution in [2.45, 2.75) is 12.3 Å². The van der Waals surface area contributed by atoms with E-state index in [1.165, 1.54) is 32.4 Å². The standard InChI is InChI=1S/C16H17ClFNO4S/c1-22-15-7-6-11(8-16(15)23-2)9-19-24(20,21)10-12-13(17)4-3-5-14(12)18/h3-8,19H,9-10H2,1-2H3. The topological polar surface area (TPSA) is 64.6 Å². The lowest BCUT2D eigenvalue weighted by Crippen LogP contribution is -2.25. The van der Waals surface area contributed by atoms with E-state index in [1.54, 1.807) is 18.2 Å². The van der Waals surface area contributed by atoms with Gasteiger partial charge in [0, 0.05) is 17.1 Å². The fraction of sp³-hybridized carbons (Fsp3) is 0.250. The van der Waals surface area contributed by atoms with Gasteiger partial charge in [-0.05, 0) is 29.8 Å². The molecule has 0 aliphatic heterocycles. The van der Waals surface area contributed by atoms with Crippen molar-refractivity contribution < 1.29 is 22.3 Å². The third-order valence-electron chi connectivity index (χ3n) is 3.34. The van der Waals surface area contributed by atoms with E-state index in [-0.39, 0.29) is 17.1 Å². The molecule has 0 aromatic heterocycles. The molecule has 2 aromatic carbocycles. The fourth-order valence-corrected chi connectivity index (χ4v) is 3.57. The van der Waals surface area contributed by atoms with Crippen LogP contribution in [-0.4, -0.2) is 22.6 Å². The SMILES string of the molecule is COc1ccc(CNS(=O)(=O)Cc2c(F)cccc2Cl)cc1OC. The summed E-state index contributed by atoms with van der Waals surface area (Å²) < 4.78 is 50.8. The summed E-state index contributed by atoms with van der Waals surface area (Å²) in [6.45, 7) is 0.0365. The molecule has 0 fully saturated rings. The van der Waals surface area contributed by atoms with Gasteiger partial charge in [-0.1, -0.05) is 23.7 Å². The molecule has 0 aliphatic rings. The number of benzene rings is 2. The first-order chi connectivity index (χ1) is 11.4. The Labute approximate surface area is 145 Å². The molecule has 0 heterocycles. The van der Waals surface area contributed by atoms with E-state index in [0.29, 0.717) is 17.1 Å². The average molecular weight is 374 g/mol. The summed E-state index contributed by atoms with van der Waals surface area (Å²) in [6, 6.07) is 9.09. The van der Waals surface area contributed by atoms with Crippen LogP contribution in [0, 0.1) is 5.82 Å². The lowest BCUT2D eigenvalue weighted by Gasteiger charge is -2.11. The van der Waals surface area contributed by atoms with Crippen LogP contribution in [0.25, 0.3) is 0 Å². The maximum atomic E-state index is 13.7. The number of methoxy groups -OCH3 is 2. The third-order valence-corrected chi connectivity index (χ3v) is 4.95. The van der Waals surface area contributed by atoms with Gasteiger partial charge < -0.3 is 9.47 Å². The van der Waals surface area contributed by atoms with Crippen molar-refractivity contribution in [1.82, 2.24) is 4.72 Å². The highest BCUT2D eigenvalue weighted by Gasteiger charge is 2.17. The summed E-state index contributed by atoms with van der Waals surface area (Å²) >= 11 is 5.86. The van der Waals surface area contributed by atoms with Crippen molar-refractivity contribution in [3.63, 3.8) is 0 Å². The van der Waals surface area contributed by atoms with Crippen molar-refractivity contribution in [3.8, 4) is 11.5 Å². The maximum Gasteiger partial charge on any atom is 0.216 e. The predicted molar refractivity (Wildman–Crippen MR) is 90.4 cm³/mol. The Morgan fingerprint density at radius 1 is 1.12 bits per heavy atom. The summed E-state index contributed by atoms with van der Waals surface area (Å²) in [4.78, 5) is 0. The van der Waals surface area contributed by atoms with Gasteiger partial charge in [-0.25, -0.2) is 17.5 Å². The van der Waals surface area contributed by atoms with Gasteiger partial charge in [-0.2, -0.15) is 0 Å². The molecule has 130 valence electrons. The van der Waals surface area contributed by atoms with Crippen LogP contribution >= 0.6 is 11.6 Å².